The van der Waals surface area contributed by atoms with E-state index in [0.717, 1.165) is 6.07 Å². The molecule has 0 unspecified atom stereocenters. The molecule has 0 saturated carbocycles. The Kier molecular flexibility index (Phi) is 1.77. The molecule has 66 valence electrons. The van der Waals surface area contributed by atoms with Gasteiger partial charge in [-0.1, -0.05) is 0 Å². The number of benzene rings is 1. The zero-order valence-corrected chi connectivity index (χ0v) is 7.01. The summed E-state index contributed by atoms with van der Waals surface area (Å²) in [6.07, 6.45) is 0. The van der Waals surface area contributed by atoms with Crippen LogP contribution in [0.3, 0.4) is 0 Å². The number of hydrogen-bond acceptors (Lipinski definition) is 3. The first-order valence-electron chi connectivity index (χ1n) is 3.43. The van der Waals surface area contributed by atoms with E-state index in [1.165, 1.54) is 12.1 Å². The minimum absolute atomic E-state index is 0.212. The second-order valence-corrected chi connectivity index (χ2v) is 2.75. The third-order valence-electron chi connectivity index (χ3n) is 1.52. The lowest BCUT2D eigenvalue weighted by molar-refractivity contribution is 0.105. The van der Waals surface area contributed by atoms with Crippen molar-refractivity contribution in [3.05, 3.63) is 29.9 Å². The Hall–Kier alpha value is -1.42. The van der Waals surface area contributed by atoms with Crippen LogP contribution in [0, 0.1) is 5.82 Å². The molecule has 5 heteroatoms. The monoisotopic (exact) mass is 199 g/mol. The Labute approximate surface area is 77.1 Å². The van der Waals surface area contributed by atoms with Gasteiger partial charge in [0.05, 0.1) is 0 Å². The molecule has 0 aliphatic rings. The van der Waals surface area contributed by atoms with Gasteiger partial charge in [-0.3, -0.25) is 4.79 Å². The highest BCUT2D eigenvalue weighted by molar-refractivity contribution is 6.67. The highest BCUT2D eigenvalue weighted by Crippen LogP contribution is 2.17. The van der Waals surface area contributed by atoms with Gasteiger partial charge in [0.25, 0.3) is 5.89 Å². The number of oxazole rings is 1. The van der Waals surface area contributed by atoms with Crippen LogP contribution in [0.5, 0.6) is 0 Å². The standard InChI is InChI=1S/C8H3ClFNO2/c9-7(12)8-11-5-2-1-4(10)3-6(5)13-8/h1-3H. The minimum atomic E-state index is -0.795. The number of halogens is 2. The van der Waals surface area contributed by atoms with Crippen molar-refractivity contribution in [1.82, 2.24) is 4.98 Å². The van der Waals surface area contributed by atoms with Crippen molar-refractivity contribution in [3.8, 4) is 0 Å². The van der Waals surface area contributed by atoms with Crippen LogP contribution in [-0.4, -0.2) is 10.2 Å². The average Bonchev–Trinajstić information content (AvgIpc) is 2.46. The van der Waals surface area contributed by atoms with Crippen molar-refractivity contribution in [2.45, 2.75) is 0 Å². The molecule has 0 N–H and O–H groups in total. The summed E-state index contributed by atoms with van der Waals surface area (Å²) in [7, 11) is 0. The van der Waals surface area contributed by atoms with Gasteiger partial charge in [-0.2, -0.15) is 0 Å². The van der Waals surface area contributed by atoms with Gasteiger partial charge in [0.1, 0.15) is 11.3 Å². The molecule has 1 aromatic heterocycles. The number of nitrogens with zero attached hydrogens (tertiary/aromatic N) is 1. The van der Waals surface area contributed by atoms with Crippen LogP contribution >= 0.6 is 11.6 Å². The highest BCUT2D eigenvalue weighted by atomic mass is 35.5. The van der Waals surface area contributed by atoms with Crippen molar-refractivity contribution < 1.29 is 13.6 Å². The normalized spacial score (nSPS) is 10.6. The zero-order valence-electron chi connectivity index (χ0n) is 6.25. The maximum absolute atomic E-state index is 12.6. The van der Waals surface area contributed by atoms with E-state index in [9.17, 15) is 9.18 Å². The smallest absolute Gasteiger partial charge is 0.307 e. The fourth-order valence-corrected chi connectivity index (χ4v) is 1.06. The Morgan fingerprint density at radius 1 is 1.54 bits per heavy atom. The van der Waals surface area contributed by atoms with E-state index in [0.29, 0.717) is 5.52 Å². The molecule has 1 aromatic carbocycles. The number of carbonyl (C=O) groups is 1. The Morgan fingerprint density at radius 3 is 3.00 bits per heavy atom. The van der Waals surface area contributed by atoms with Crippen LogP contribution in [0.15, 0.2) is 22.6 Å². The van der Waals surface area contributed by atoms with Crippen molar-refractivity contribution in [3.63, 3.8) is 0 Å². The fraction of sp³-hybridized carbons (Fsp3) is 0. The summed E-state index contributed by atoms with van der Waals surface area (Å²) in [6.45, 7) is 0. The number of aromatic nitrogens is 1. The summed E-state index contributed by atoms with van der Waals surface area (Å²) in [4.78, 5) is 14.4. The average molecular weight is 200 g/mol. The maximum atomic E-state index is 12.6. The topological polar surface area (TPSA) is 43.1 Å². The van der Waals surface area contributed by atoms with Crippen molar-refractivity contribution in [2.24, 2.45) is 0 Å². The molecule has 0 fully saturated rings. The summed E-state index contributed by atoms with van der Waals surface area (Å²) >= 11 is 5.13. The zero-order chi connectivity index (χ0) is 9.42. The van der Waals surface area contributed by atoms with E-state index in [1.807, 2.05) is 0 Å². The van der Waals surface area contributed by atoms with E-state index < -0.39 is 11.1 Å². The summed E-state index contributed by atoms with van der Waals surface area (Å²) < 4.78 is 17.5. The number of fused-ring (bicyclic) bond motifs is 1. The second kappa shape index (κ2) is 2.81. The molecule has 0 atom stereocenters. The number of carbonyl (C=O) groups excluding carboxylic acids is 1. The van der Waals surface area contributed by atoms with Crippen molar-refractivity contribution in [2.75, 3.05) is 0 Å². The summed E-state index contributed by atoms with van der Waals surface area (Å²) in [5, 5.41) is -0.795. The van der Waals surface area contributed by atoms with Gasteiger partial charge in [0.15, 0.2) is 5.58 Å². The lowest BCUT2D eigenvalue weighted by atomic mass is 10.3. The molecule has 13 heavy (non-hydrogen) atoms. The molecule has 0 radical (unpaired) electrons. The first-order valence-corrected chi connectivity index (χ1v) is 3.80. The first kappa shape index (κ1) is 8.19. The lowest BCUT2D eigenvalue weighted by Gasteiger charge is -1.84. The van der Waals surface area contributed by atoms with Crippen LogP contribution in [0.4, 0.5) is 4.39 Å². The van der Waals surface area contributed by atoms with Crippen molar-refractivity contribution >= 4 is 27.9 Å². The molecule has 3 nitrogen and oxygen atoms in total. The lowest BCUT2D eigenvalue weighted by Crippen LogP contribution is -1.85. The summed E-state index contributed by atoms with van der Waals surface area (Å²) in [5.74, 6) is -0.667. The van der Waals surface area contributed by atoms with E-state index in [2.05, 4.69) is 4.98 Å². The highest BCUT2D eigenvalue weighted by Gasteiger charge is 2.11. The molecule has 2 rings (SSSR count). The van der Waals surface area contributed by atoms with E-state index in [-0.39, 0.29) is 11.5 Å². The molecule has 0 spiro atoms. The Balaban J connectivity index is 2.68. The predicted octanol–water partition coefficient (Wildman–Crippen LogP) is 2.35. The molecular weight excluding hydrogens is 197 g/mol. The second-order valence-electron chi connectivity index (χ2n) is 2.40. The largest absolute Gasteiger partial charge is 0.433 e. The Bertz CT molecular complexity index is 480. The molecule has 0 saturated heterocycles. The van der Waals surface area contributed by atoms with Gasteiger partial charge < -0.3 is 4.42 Å². The van der Waals surface area contributed by atoms with Gasteiger partial charge >= 0.3 is 5.24 Å². The van der Waals surface area contributed by atoms with Gasteiger partial charge in [-0.25, -0.2) is 9.37 Å². The molecule has 0 aliphatic carbocycles. The van der Waals surface area contributed by atoms with Gasteiger partial charge in [-0.05, 0) is 23.7 Å². The third-order valence-corrected chi connectivity index (χ3v) is 1.68. The van der Waals surface area contributed by atoms with Gasteiger partial charge in [-0.15, -0.1) is 0 Å². The number of hydrogen-bond donors (Lipinski definition) is 0. The van der Waals surface area contributed by atoms with Gasteiger partial charge in [0, 0.05) is 6.07 Å². The van der Waals surface area contributed by atoms with Crippen LogP contribution in [0.25, 0.3) is 11.1 Å². The SMILES string of the molecule is O=C(Cl)c1nc2ccc(F)cc2o1. The summed E-state index contributed by atoms with van der Waals surface area (Å²) in [6, 6.07) is 3.79. The predicted molar refractivity (Wildman–Crippen MR) is 44.2 cm³/mol. The number of rotatable bonds is 1. The Morgan fingerprint density at radius 2 is 2.31 bits per heavy atom. The molecule has 0 bridgehead atoms. The minimum Gasteiger partial charge on any atom is -0.433 e. The molecule has 2 aromatic rings. The summed E-state index contributed by atoms with van der Waals surface area (Å²) in [5.41, 5.74) is 0.620. The molecule has 0 amide bonds. The van der Waals surface area contributed by atoms with Crippen LogP contribution in [-0.2, 0) is 0 Å². The molecule has 0 aliphatic heterocycles. The van der Waals surface area contributed by atoms with Crippen LogP contribution < -0.4 is 0 Å². The van der Waals surface area contributed by atoms with Crippen LogP contribution in [0.2, 0.25) is 0 Å². The third kappa shape index (κ3) is 1.40. The van der Waals surface area contributed by atoms with Crippen molar-refractivity contribution in [1.29, 1.82) is 0 Å². The first-order chi connectivity index (χ1) is 6.16. The van der Waals surface area contributed by atoms with E-state index >= 15 is 0 Å². The van der Waals surface area contributed by atoms with E-state index in [4.69, 9.17) is 16.0 Å². The van der Waals surface area contributed by atoms with Crippen LogP contribution in [0.1, 0.15) is 10.7 Å². The molecular formula is C8H3ClFNO2. The maximum Gasteiger partial charge on any atom is 0.307 e. The molecule has 1 heterocycles. The van der Waals surface area contributed by atoms with Gasteiger partial charge in [0.2, 0.25) is 0 Å². The van der Waals surface area contributed by atoms with E-state index in [1.54, 1.807) is 0 Å². The fourth-order valence-electron chi connectivity index (χ4n) is 0.983. The quantitative estimate of drug-likeness (QED) is 0.662.